The smallest absolute Gasteiger partial charge is 0.303 e. The fourth-order valence-corrected chi connectivity index (χ4v) is 2.03. The summed E-state index contributed by atoms with van der Waals surface area (Å²) in [6.07, 6.45) is 0.445. The van der Waals surface area contributed by atoms with Crippen molar-refractivity contribution in [2.45, 2.75) is 38.8 Å². The van der Waals surface area contributed by atoms with E-state index in [1.165, 1.54) is 0 Å². The third-order valence-corrected chi connectivity index (χ3v) is 3.05. The van der Waals surface area contributed by atoms with Gasteiger partial charge in [0.15, 0.2) is 0 Å². The average molecular weight is 228 g/mol. The second-order valence-corrected chi connectivity index (χ2v) is 4.55. The molecule has 0 radical (unpaired) electrons. The first-order valence-corrected chi connectivity index (χ1v) is 5.66. The van der Waals surface area contributed by atoms with Gasteiger partial charge in [-0.25, -0.2) is 0 Å². The van der Waals surface area contributed by atoms with Crippen LogP contribution >= 0.6 is 0 Å². The standard InChI is InChI=1S/C11H20N2O3/c1-8(2)13-7-6-12(3)9(11(13)16)4-5-10(14)15/h8-9H,4-7H2,1-3H3,(H,14,15). The molecule has 1 atom stereocenters. The molecule has 1 rings (SSSR count). The number of carbonyl (C=O) groups excluding carboxylic acids is 1. The van der Waals surface area contributed by atoms with Gasteiger partial charge >= 0.3 is 5.97 Å². The highest BCUT2D eigenvalue weighted by Gasteiger charge is 2.33. The van der Waals surface area contributed by atoms with Gasteiger partial charge in [-0.05, 0) is 27.3 Å². The monoisotopic (exact) mass is 228 g/mol. The van der Waals surface area contributed by atoms with E-state index in [9.17, 15) is 9.59 Å². The zero-order valence-corrected chi connectivity index (χ0v) is 10.1. The number of rotatable bonds is 4. The molecule has 1 amide bonds. The fourth-order valence-electron chi connectivity index (χ4n) is 2.03. The van der Waals surface area contributed by atoms with Crippen LogP contribution in [0.1, 0.15) is 26.7 Å². The lowest BCUT2D eigenvalue weighted by Gasteiger charge is -2.40. The minimum absolute atomic E-state index is 0.0483. The van der Waals surface area contributed by atoms with Crippen LogP contribution in [0.3, 0.4) is 0 Å². The number of carboxylic acid groups (broad SMARTS) is 1. The molecule has 0 aromatic rings. The summed E-state index contributed by atoms with van der Waals surface area (Å²) in [5.74, 6) is -0.784. The van der Waals surface area contributed by atoms with Crippen LogP contribution in [0.2, 0.25) is 0 Å². The largest absolute Gasteiger partial charge is 0.481 e. The number of hydrogen-bond acceptors (Lipinski definition) is 3. The van der Waals surface area contributed by atoms with Crippen molar-refractivity contribution in [2.24, 2.45) is 0 Å². The van der Waals surface area contributed by atoms with Crippen molar-refractivity contribution in [1.82, 2.24) is 9.80 Å². The van der Waals surface area contributed by atoms with Crippen molar-refractivity contribution in [3.63, 3.8) is 0 Å². The predicted octanol–water partition coefficient (Wildman–Crippen LogP) is 0.402. The molecular formula is C11H20N2O3. The van der Waals surface area contributed by atoms with Crippen molar-refractivity contribution in [3.8, 4) is 0 Å². The highest BCUT2D eigenvalue weighted by atomic mass is 16.4. The molecule has 92 valence electrons. The maximum absolute atomic E-state index is 12.1. The topological polar surface area (TPSA) is 60.9 Å². The fraction of sp³-hybridized carbons (Fsp3) is 0.818. The molecule has 1 aliphatic rings. The van der Waals surface area contributed by atoms with Crippen LogP contribution in [0, 0.1) is 0 Å². The first-order valence-electron chi connectivity index (χ1n) is 5.66. The summed E-state index contributed by atoms with van der Waals surface area (Å²) in [5, 5.41) is 8.65. The van der Waals surface area contributed by atoms with Crippen molar-refractivity contribution >= 4 is 11.9 Å². The van der Waals surface area contributed by atoms with Crippen LogP contribution in [0.15, 0.2) is 0 Å². The molecule has 0 saturated carbocycles. The van der Waals surface area contributed by atoms with Crippen LogP contribution < -0.4 is 0 Å². The Morgan fingerprint density at radius 2 is 2.12 bits per heavy atom. The van der Waals surface area contributed by atoms with Crippen LogP contribution in [-0.2, 0) is 9.59 Å². The van der Waals surface area contributed by atoms with Gasteiger partial charge in [-0.1, -0.05) is 0 Å². The maximum atomic E-state index is 12.1. The zero-order chi connectivity index (χ0) is 12.3. The molecule has 0 aliphatic carbocycles. The third-order valence-electron chi connectivity index (χ3n) is 3.05. The number of nitrogens with zero attached hydrogens (tertiary/aromatic N) is 2. The summed E-state index contributed by atoms with van der Waals surface area (Å²) in [6.45, 7) is 5.51. The maximum Gasteiger partial charge on any atom is 0.303 e. The van der Waals surface area contributed by atoms with Gasteiger partial charge < -0.3 is 10.0 Å². The molecule has 0 aromatic carbocycles. The van der Waals surface area contributed by atoms with E-state index in [-0.39, 0.29) is 24.4 Å². The quantitative estimate of drug-likeness (QED) is 0.756. The normalized spacial score (nSPS) is 22.9. The van der Waals surface area contributed by atoms with Gasteiger partial charge in [0, 0.05) is 25.6 Å². The molecule has 1 heterocycles. The van der Waals surface area contributed by atoms with Crippen molar-refractivity contribution in [3.05, 3.63) is 0 Å². The SMILES string of the molecule is CC(C)N1CCN(C)C(CCC(=O)O)C1=O. The number of carbonyl (C=O) groups is 2. The van der Waals surface area contributed by atoms with Crippen molar-refractivity contribution in [2.75, 3.05) is 20.1 Å². The van der Waals surface area contributed by atoms with E-state index in [0.29, 0.717) is 6.42 Å². The Kier molecular flexibility index (Phi) is 4.29. The Morgan fingerprint density at radius 1 is 1.50 bits per heavy atom. The number of hydrogen-bond donors (Lipinski definition) is 1. The average Bonchev–Trinajstić information content (AvgIpc) is 2.16. The van der Waals surface area contributed by atoms with E-state index in [1.54, 1.807) is 0 Å². The second kappa shape index (κ2) is 5.30. The molecule has 1 saturated heterocycles. The van der Waals surface area contributed by atoms with Gasteiger partial charge in [-0.15, -0.1) is 0 Å². The molecular weight excluding hydrogens is 208 g/mol. The van der Waals surface area contributed by atoms with E-state index in [2.05, 4.69) is 0 Å². The number of aliphatic carboxylic acids is 1. The molecule has 16 heavy (non-hydrogen) atoms. The first-order chi connectivity index (χ1) is 7.43. The molecule has 5 nitrogen and oxygen atoms in total. The van der Waals surface area contributed by atoms with E-state index in [0.717, 1.165) is 13.1 Å². The molecule has 0 aromatic heterocycles. The summed E-state index contributed by atoms with van der Waals surface area (Å²) in [5.41, 5.74) is 0. The second-order valence-electron chi connectivity index (χ2n) is 4.55. The summed E-state index contributed by atoms with van der Waals surface area (Å²) < 4.78 is 0. The van der Waals surface area contributed by atoms with Crippen LogP contribution in [0.5, 0.6) is 0 Å². The Morgan fingerprint density at radius 3 is 2.62 bits per heavy atom. The van der Waals surface area contributed by atoms with Crippen LogP contribution in [0.4, 0.5) is 0 Å². The number of piperazine rings is 1. The highest BCUT2D eigenvalue weighted by molar-refractivity contribution is 5.83. The lowest BCUT2D eigenvalue weighted by atomic mass is 10.0. The molecule has 0 bridgehead atoms. The molecule has 5 heteroatoms. The Labute approximate surface area is 96.0 Å². The van der Waals surface area contributed by atoms with Crippen LogP contribution in [-0.4, -0.2) is 59.0 Å². The van der Waals surface area contributed by atoms with Gasteiger partial charge in [0.05, 0.1) is 6.04 Å². The van der Waals surface area contributed by atoms with Gasteiger partial charge in [0.25, 0.3) is 0 Å². The Bertz CT molecular complexity index is 278. The van der Waals surface area contributed by atoms with E-state index in [4.69, 9.17) is 5.11 Å². The summed E-state index contributed by atoms with van der Waals surface area (Å²) in [6, 6.07) is -0.0826. The van der Waals surface area contributed by atoms with Gasteiger partial charge in [0.2, 0.25) is 5.91 Å². The summed E-state index contributed by atoms with van der Waals surface area (Å²) in [7, 11) is 1.88. The minimum atomic E-state index is -0.845. The molecule has 0 spiro atoms. The zero-order valence-electron chi connectivity index (χ0n) is 10.1. The van der Waals surface area contributed by atoms with Gasteiger partial charge in [0.1, 0.15) is 0 Å². The lowest BCUT2D eigenvalue weighted by Crippen LogP contribution is -2.57. The number of likely N-dealkylation sites (N-methyl/N-ethyl adjacent to an activating group) is 1. The summed E-state index contributed by atoms with van der Waals surface area (Å²) in [4.78, 5) is 26.4. The molecule has 1 aliphatic heterocycles. The Balaban J connectivity index is 2.64. The number of carboxylic acids is 1. The third kappa shape index (κ3) is 2.95. The van der Waals surface area contributed by atoms with E-state index >= 15 is 0 Å². The lowest BCUT2D eigenvalue weighted by molar-refractivity contribution is -0.144. The Hall–Kier alpha value is -1.10. The minimum Gasteiger partial charge on any atom is -0.481 e. The predicted molar refractivity (Wildman–Crippen MR) is 60.1 cm³/mol. The van der Waals surface area contributed by atoms with Crippen LogP contribution in [0.25, 0.3) is 0 Å². The molecule has 1 N–H and O–H groups in total. The van der Waals surface area contributed by atoms with E-state index < -0.39 is 5.97 Å². The highest BCUT2D eigenvalue weighted by Crippen LogP contribution is 2.16. The molecule has 1 fully saturated rings. The number of amides is 1. The molecule has 1 unspecified atom stereocenters. The van der Waals surface area contributed by atoms with Crippen molar-refractivity contribution < 1.29 is 14.7 Å². The van der Waals surface area contributed by atoms with Crippen molar-refractivity contribution in [1.29, 1.82) is 0 Å². The van der Waals surface area contributed by atoms with Gasteiger partial charge in [-0.3, -0.25) is 14.5 Å². The first kappa shape index (κ1) is 13.0. The van der Waals surface area contributed by atoms with E-state index in [1.807, 2.05) is 30.7 Å². The summed E-state index contributed by atoms with van der Waals surface area (Å²) >= 11 is 0. The van der Waals surface area contributed by atoms with Gasteiger partial charge in [-0.2, -0.15) is 0 Å².